The Balaban J connectivity index is 2.31. The molecule has 2 aromatic carbocycles. The number of benzene rings is 2. The molecule has 0 radical (unpaired) electrons. The Kier molecular flexibility index (Phi) is 5.18. The molecule has 106 valence electrons. The summed E-state index contributed by atoms with van der Waals surface area (Å²) < 4.78 is 0. The van der Waals surface area contributed by atoms with Gasteiger partial charge in [0, 0.05) is 5.02 Å². The molecule has 0 fully saturated rings. The number of nitrogens with two attached hydrogens (primary N) is 1. The third-order valence-electron chi connectivity index (χ3n) is 3.42. The molecule has 0 aromatic heterocycles. The van der Waals surface area contributed by atoms with Crippen molar-refractivity contribution in [3.8, 4) is 0 Å². The van der Waals surface area contributed by atoms with E-state index in [1.54, 1.807) is 0 Å². The normalized spacial score (nSPS) is 12.4. The third kappa shape index (κ3) is 3.60. The van der Waals surface area contributed by atoms with E-state index in [1.807, 2.05) is 19.1 Å². The monoisotopic (exact) mass is 288 g/mol. The first kappa shape index (κ1) is 15.0. The lowest BCUT2D eigenvalue weighted by molar-refractivity contribution is 0.636. The molecule has 0 bridgehead atoms. The van der Waals surface area contributed by atoms with Crippen LogP contribution in [0.4, 0.5) is 0 Å². The molecule has 1 atom stereocenters. The Morgan fingerprint density at radius 3 is 2.35 bits per heavy atom. The Morgan fingerprint density at radius 1 is 1.10 bits per heavy atom. The SMILES string of the molecule is CCCc1ccc(C(NN)c2cc(C)cc(Cl)c2)cc1. The van der Waals surface area contributed by atoms with Crippen LogP contribution in [0.15, 0.2) is 42.5 Å². The summed E-state index contributed by atoms with van der Waals surface area (Å²) in [6, 6.07) is 14.6. The number of hydrogen-bond acceptors (Lipinski definition) is 2. The average molecular weight is 289 g/mol. The Hall–Kier alpha value is -1.35. The van der Waals surface area contributed by atoms with E-state index >= 15 is 0 Å². The maximum absolute atomic E-state index is 6.14. The molecule has 0 amide bonds. The Morgan fingerprint density at radius 2 is 1.80 bits per heavy atom. The van der Waals surface area contributed by atoms with Gasteiger partial charge in [-0.05, 0) is 47.7 Å². The van der Waals surface area contributed by atoms with Gasteiger partial charge >= 0.3 is 0 Å². The predicted octanol–water partition coefficient (Wildman–Crippen LogP) is 4.15. The highest BCUT2D eigenvalue weighted by Gasteiger charge is 2.13. The van der Waals surface area contributed by atoms with Crippen molar-refractivity contribution < 1.29 is 0 Å². The van der Waals surface area contributed by atoms with Crippen molar-refractivity contribution in [3.05, 3.63) is 69.7 Å². The molecule has 0 aliphatic heterocycles. The minimum Gasteiger partial charge on any atom is -0.271 e. The fourth-order valence-electron chi connectivity index (χ4n) is 2.48. The van der Waals surface area contributed by atoms with Gasteiger partial charge in [0.1, 0.15) is 0 Å². The van der Waals surface area contributed by atoms with Gasteiger partial charge in [0.25, 0.3) is 0 Å². The van der Waals surface area contributed by atoms with E-state index in [0.717, 1.165) is 34.6 Å². The van der Waals surface area contributed by atoms with Crippen molar-refractivity contribution in [1.82, 2.24) is 5.43 Å². The van der Waals surface area contributed by atoms with Gasteiger partial charge in [0.2, 0.25) is 0 Å². The standard InChI is InChI=1S/C17H21ClN2/c1-3-4-13-5-7-14(8-6-13)17(20-19)15-9-12(2)10-16(18)11-15/h5-11,17,20H,3-4,19H2,1-2H3. The molecule has 2 aromatic rings. The molecule has 3 N–H and O–H groups in total. The molecule has 0 aliphatic carbocycles. The van der Waals surface area contributed by atoms with Gasteiger partial charge in [-0.2, -0.15) is 0 Å². The lowest BCUT2D eigenvalue weighted by Gasteiger charge is -2.18. The number of rotatable bonds is 5. The van der Waals surface area contributed by atoms with Gasteiger partial charge in [-0.3, -0.25) is 5.84 Å². The van der Waals surface area contributed by atoms with Gasteiger partial charge in [0.15, 0.2) is 0 Å². The molecular formula is C17H21ClN2. The van der Waals surface area contributed by atoms with Crippen LogP contribution in [0.1, 0.15) is 41.6 Å². The fraction of sp³-hybridized carbons (Fsp3) is 0.294. The molecule has 0 saturated carbocycles. The van der Waals surface area contributed by atoms with Crippen LogP contribution in [0, 0.1) is 6.92 Å². The first-order valence-corrected chi connectivity index (χ1v) is 7.34. The maximum atomic E-state index is 6.14. The van der Waals surface area contributed by atoms with E-state index in [2.05, 4.69) is 42.7 Å². The third-order valence-corrected chi connectivity index (χ3v) is 3.63. The summed E-state index contributed by atoms with van der Waals surface area (Å²) >= 11 is 6.14. The van der Waals surface area contributed by atoms with Crippen LogP contribution in [0.25, 0.3) is 0 Å². The highest BCUT2D eigenvalue weighted by atomic mass is 35.5. The summed E-state index contributed by atoms with van der Waals surface area (Å²) in [7, 11) is 0. The van der Waals surface area contributed by atoms with Crippen molar-refractivity contribution >= 4 is 11.6 Å². The van der Waals surface area contributed by atoms with Crippen LogP contribution in [-0.2, 0) is 6.42 Å². The van der Waals surface area contributed by atoms with Gasteiger partial charge < -0.3 is 0 Å². The minimum atomic E-state index is -0.0388. The van der Waals surface area contributed by atoms with Crippen molar-refractivity contribution in [2.75, 3.05) is 0 Å². The highest BCUT2D eigenvalue weighted by Crippen LogP contribution is 2.25. The molecule has 1 unspecified atom stereocenters. The van der Waals surface area contributed by atoms with E-state index in [9.17, 15) is 0 Å². The van der Waals surface area contributed by atoms with Crippen molar-refractivity contribution in [2.45, 2.75) is 32.7 Å². The number of aryl methyl sites for hydroxylation is 2. The molecule has 3 heteroatoms. The van der Waals surface area contributed by atoms with Crippen LogP contribution in [0.5, 0.6) is 0 Å². The summed E-state index contributed by atoms with van der Waals surface area (Å²) in [6.45, 7) is 4.22. The number of halogens is 1. The zero-order valence-electron chi connectivity index (χ0n) is 12.0. The van der Waals surface area contributed by atoms with E-state index in [1.165, 1.54) is 5.56 Å². The van der Waals surface area contributed by atoms with Gasteiger partial charge in [-0.1, -0.05) is 55.3 Å². The first-order valence-electron chi connectivity index (χ1n) is 6.96. The fourth-order valence-corrected chi connectivity index (χ4v) is 2.78. The summed E-state index contributed by atoms with van der Waals surface area (Å²) in [5, 5.41) is 0.739. The zero-order valence-corrected chi connectivity index (χ0v) is 12.7. The van der Waals surface area contributed by atoms with Crippen molar-refractivity contribution in [1.29, 1.82) is 0 Å². The predicted molar refractivity (Wildman–Crippen MR) is 85.8 cm³/mol. The average Bonchev–Trinajstić information content (AvgIpc) is 2.41. The lowest BCUT2D eigenvalue weighted by Crippen LogP contribution is -2.28. The molecule has 0 saturated heterocycles. The topological polar surface area (TPSA) is 38.0 Å². The molecule has 2 rings (SSSR count). The van der Waals surface area contributed by atoms with Crippen LogP contribution in [0.3, 0.4) is 0 Å². The van der Waals surface area contributed by atoms with Gasteiger partial charge in [0.05, 0.1) is 6.04 Å². The summed E-state index contributed by atoms with van der Waals surface area (Å²) in [5.41, 5.74) is 7.60. The second kappa shape index (κ2) is 6.89. The first-order chi connectivity index (χ1) is 9.63. The Labute approximate surface area is 125 Å². The van der Waals surface area contributed by atoms with E-state index < -0.39 is 0 Å². The highest BCUT2D eigenvalue weighted by molar-refractivity contribution is 6.30. The molecule has 0 heterocycles. The van der Waals surface area contributed by atoms with Crippen LogP contribution < -0.4 is 11.3 Å². The molecular weight excluding hydrogens is 268 g/mol. The quantitative estimate of drug-likeness (QED) is 0.640. The summed E-state index contributed by atoms with van der Waals surface area (Å²) in [5.74, 6) is 5.74. The Bertz CT molecular complexity index is 543. The maximum Gasteiger partial charge on any atom is 0.0710 e. The van der Waals surface area contributed by atoms with Crippen LogP contribution >= 0.6 is 11.6 Å². The smallest absolute Gasteiger partial charge is 0.0710 e. The van der Waals surface area contributed by atoms with Crippen molar-refractivity contribution in [2.24, 2.45) is 5.84 Å². The van der Waals surface area contributed by atoms with Gasteiger partial charge in [-0.15, -0.1) is 0 Å². The number of nitrogens with one attached hydrogen (secondary N) is 1. The van der Waals surface area contributed by atoms with Crippen LogP contribution in [0.2, 0.25) is 5.02 Å². The zero-order chi connectivity index (χ0) is 14.5. The number of hydrogen-bond donors (Lipinski definition) is 2. The number of hydrazine groups is 1. The molecule has 0 aliphatic rings. The largest absolute Gasteiger partial charge is 0.271 e. The second-order valence-corrected chi connectivity index (χ2v) is 5.59. The van der Waals surface area contributed by atoms with Crippen LogP contribution in [-0.4, -0.2) is 0 Å². The van der Waals surface area contributed by atoms with Crippen molar-refractivity contribution in [3.63, 3.8) is 0 Å². The lowest BCUT2D eigenvalue weighted by atomic mass is 9.96. The van der Waals surface area contributed by atoms with E-state index in [4.69, 9.17) is 17.4 Å². The molecule has 2 nitrogen and oxygen atoms in total. The minimum absolute atomic E-state index is 0.0388. The molecule has 20 heavy (non-hydrogen) atoms. The summed E-state index contributed by atoms with van der Waals surface area (Å²) in [6.07, 6.45) is 2.27. The van der Waals surface area contributed by atoms with E-state index in [0.29, 0.717) is 0 Å². The molecule has 0 spiro atoms. The summed E-state index contributed by atoms with van der Waals surface area (Å²) in [4.78, 5) is 0. The van der Waals surface area contributed by atoms with E-state index in [-0.39, 0.29) is 6.04 Å². The second-order valence-electron chi connectivity index (χ2n) is 5.15. The van der Waals surface area contributed by atoms with Gasteiger partial charge in [-0.25, -0.2) is 5.43 Å².